The number of urea groups is 1. The lowest BCUT2D eigenvalue weighted by Gasteiger charge is -2.34. The zero-order valence-corrected chi connectivity index (χ0v) is 17.0. The Morgan fingerprint density at radius 3 is 2.57 bits per heavy atom. The Bertz CT molecular complexity index is 859. The molecule has 3 N–H and O–H groups in total. The summed E-state index contributed by atoms with van der Waals surface area (Å²) in [6.45, 7) is 6.45. The van der Waals surface area contributed by atoms with E-state index in [-0.39, 0.29) is 18.0 Å². The largest absolute Gasteiger partial charge is 0.330 e. The number of aromatic nitrogens is 2. The first-order valence-corrected chi connectivity index (χ1v) is 9.33. The molecule has 8 heteroatoms. The molecule has 150 valence electrons. The van der Waals surface area contributed by atoms with Crippen LogP contribution in [0.1, 0.15) is 43.6 Å². The molecular weight excluding hydrogens is 356 g/mol. The van der Waals surface area contributed by atoms with Crippen molar-refractivity contribution < 1.29 is 9.59 Å². The summed E-state index contributed by atoms with van der Waals surface area (Å²) in [5.74, 6) is 0.295. The second kappa shape index (κ2) is 7.63. The molecule has 3 rings (SSSR count). The van der Waals surface area contributed by atoms with E-state index in [0.29, 0.717) is 18.9 Å². The number of carbonyl (C=O) groups excluding carboxylic acids is 2. The van der Waals surface area contributed by atoms with E-state index in [2.05, 4.69) is 25.7 Å². The van der Waals surface area contributed by atoms with E-state index in [1.807, 2.05) is 58.3 Å². The number of likely N-dealkylation sites (N-methyl/N-ethyl adjacent to an activating group) is 1. The van der Waals surface area contributed by atoms with E-state index >= 15 is 0 Å². The molecule has 0 saturated carbocycles. The number of H-pyrrole nitrogens is 1. The SMILES string of the molecule is CC(=O)Nc1n[nH]c2c1CN(C(=O)N[C@H](CN(C)C)c1ccccc1)C2(C)C. The number of nitrogens with one attached hydrogen (secondary N) is 3. The van der Waals surface area contributed by atoms with Crippen molar-refractivity contribution in [3.8, 4) is 0 Å². The fourth-order valence-corrected chi connectivity index (χ4v) is 3.62. The van der Waals surface area contributed by atoms with Gasteiger partial charge in [0, 0.05) is 19.0 Å². The fraction of sp³-hybridized carbons (Fsp3) is 0.450. The maximum Gasteiger partial charge on any atom is 0.319 e. The Kier molecular flexibility index (Phi) is 5.42. The van der Waals surface area contributed by atoms with Crippen molar-refractivity contribution >= 4 is 17.8 Å². The van der Waals surface area contributed by atoms with Crippen LogP contribution < -0.4 is 10.6 Å². The lowest BCUT2D eigenvalue weighted by Crippen LogP contribution is -2.48. The van der Waals surface area contributed by atoms with Crippen molar-refractivity contribution in [2.75, 3.05) is 26.0 Å². The molecule has 0 bridgehead atoms. The first-order chi connectivity index (χ1) is 13.2. The molecule has 1 atom stereocenters. The molecule has 3 amide bonds. The summed E-state index contributed by atoms with van der Waals surface area (Å²) in [6.07, 6.45) is 0. The van der Waals surface area contributed by atoms with Gasteiger partial charge in [-0.25, -0.2) is 4.79 Å². The molecular formula is C20H28N6O2. The lowest BCUT2D eigenvalue weighted by atomic mass is 10.0. The zero-order valence-electron chi connectivity index (χ0n) is 17.0. The van der Waals surface area contributed by atoms with Gasteiger partial charge in [-0.2, -0.15) is 5.10 Å². The third kappa shape index (κ3) is 3.87. The summed E-state index contributed by atoms with van der Waals surface area (Å²) < 4.78 is 0. The maximum absolute atomic E-state index is 13.2. The normalized spacial score (nSPS) is 16.0. The number of hydrogen-bond acceptors (Lipinski definition) is 4. The van der Waals surface area contributed by atoms with Gasteiger partial charge in [-0.1, -0.05) is 30.3 Å². The van der Waals surface area contributed by atoms with Crippen LogP contribution in [0.3, 0.4) is 0 Å². The fourth-order valence-electron chi connectivity index (χ4n) is 3.62. The van der Waals surface area contributed by atoms with Crippen LogP contribution in [-0.4, -0.2) is 52.6 Å². The first-order valence-electron chi connectivity index (χ1n) is 9.33. The van der Waals surface area contributed by atoms with Gasteiger partial charge in [0.05, 0.1) is 23.8 Å². The van der Waals surface area contributed by atoms with Crippen LogP contribution in [0.4, 0.5) is 10.6 Å². The number of anilines is 1. The highest BCUT2D eigenvalue weighted by atomic mass is 16.2. The Hall–Kier alpha value is -2.87. The molecule has 0 radical (unpaired) electrons. The predicted molar refractivity (Wildman–Crippen MR) is 108 cm³/mol. The summed E-state index contributed by atoms with van der Waals surface area (Å²) in [7, 11) is 3.97. The quantitative estimate of drug-likeness (QED) is 0.738. The van der Waals surface area contributed by atoms with Crippen molar-refractivity contribution in [3.05, 3.63) is 47.2 Å². The highest BCUT2D eigenvalue weighted by molar-refractivity contribution is 5.89. The molecule has 0 unspecified atom stereocenters. The average Bonchev–Trinajstić information content (AvgIpc) is 3.13. The lowest BCUT2D eigenvalue weighted by molar-refractivity contribution is -0.114. The number of nitrogens with zero attached hydrogens (tertiary/aromatic N) is 3. The number of rotatable bonds is 5. The summed E-state index contributed by atoms with van der Waals surface area (Å²) in [5, 5.41) is 13.1. The van der Waals surface area contributed by atoms with Crippen molar-refractivity contribution in [1.82, 2.24) is 25.3 Å². The molecule has 0 fully saturated rings. The summed E-state index contributed by atoms with van der Waals surface area (Å²) in [5.41, 5.74) is 2.18. The van der Waals surface area contributed by atoms with E-state index in [1.54, 1.807) is 4.90 Å². The molecule has 2 aromatic rings. The number of fused-ring (bicyclic) bond motifs is 1. The van der Waals surface area contributed by atoms with Crippen LogP contribution in [0.2, 0.25) is 0 Å². The minimum atomic E-state index is -0.567. The van der Waals surface area contributed by atoms with Gasteiger partial charge in [0.15, 0.2) is 5.82 Å². The summed E-state index contributed by atoms with van der Waals surface area (Å²) in [4.78, 5) is 28.5. The number of carbonyl (C=O) groups is 2. The minimum absolute atomic E-state index is 0.133. The van der Waals surface area contributed by atoms with Crippen LogP contribution in [0.15, 0.2) is 30.3 Å². The van der Waals surface area contributed by atoms with Crippen molar-refractivity contribution in [2.24, 2.45) is 0 Å². The molecule has 1 aliphatic rings. The highest BCUT2D eigenvalue weighted by Crippen LogP contribution is 2.40. The van der Waals surface area contributed by atoms with E-state index in [0.717, 1.165) is 16.8 Å². The van der Waals surface area contributed by atoms with E-state index < -0.39 is 5.54 Å². The summed E-state index contributed by atoms with van der Waals surface area (Å²) >= 11 is 0. The summed E-state index contributed by atoms with van der Waals surface area (Å²) in [6, 6.07) is 9.66. The van der Waals surface area contributed by atoms with Crippen LogP contribution in [0, 0.1) is 0 Å². The predicted octanol–water partition coefficient (Wildman–Crippen LogP) is 2.43. The Labute approximate surface area is 165 Å². The topological polar surface area (TPSA) is 93.4 Å². The Morgan fingerprint density at radius 2 is 1.96 bits per heavy atom. The highest BCUT2D eigenvalue weighted by Gasteiger charge is 2.44. The number of aromatic amines is 1. The van der Waals surface area contributed by atoms with Gasteiger partial charge in [0.2, 0.25) is 5.91 Å². The van der Waals surface area contributed by atoms with E-state index in [4.69, 9.17) is 0 Å². The standard InChI is InChI=1S/C20H28N6O2/c1-13(27)21-18-15-11-26(20(2,3)17(15)23-24-18)19(28)22-16(12-25(4)5)14-9-7-6-8-10-14/h6-10,16H,11-12H2,1-5H3,(H,22,28)(H2,21,23,24,27)/t16-/m1/s1. The average molecular weight is 384 g/mol. The third-order valence-corrected chi connectivity index (χ3v) is 5.06. The zero-order chi connectivity index (χ0) is 20.5. The maximum atomic E-state index is 13.2. The van der Waals surface area contributed by atoms with Crippen LogP contribution in [0.25, 0.3) is 0 Å². The van der Waals surface area contributed by atoms with Crippen LogP contribution in [0.5, 0.6) is 0 Å². The monoisotopic (exact) mass is 384 g/mol. The number of hydrogen-bond donors (Lipinski definition) is 3. The molecule has 1 aromatic carbocycles. The van der Waals surface area contributed by atoms with Crippen molar-refractivity contribution in [2.45, 2.75) is 38.9 Å². The molecule has 1 aliphatic heterocycles. The van der Waals surface area contributed by atoms with Gasteiger partial charge in [0.25, 0.3) is 0 Å². The van der Waals surface area contributed by atoms with Gasteiger partial charge < -0.3 is 20.4 Å². The molecule has 8 nitrogen and oxygen atoms in total. The number of benzene rings is 1. The first kappa shape index (κ1) is 19.9. The Balaban J connectivity index is 1.81. The molecule has 2 heterocycles. The molecule has 0 saturated heterocycles. The third-order valence-electron chi connectivity index (χ3n) is 5.06. The number of amides is 3. The van der Waals surface area contributed by atoms with Gasteiger partial charge in [0.1, 0.15) is 0 Å². The van der Waals surface area contributed by atoms with E-state index in [9.17, 15) is 9.59 Å². The van der Waals surface area contributed by atoms with Gasteiger partial charge >= 0.3 is 6.03 Å². The Morgan fingerprint density at radius 1 is 1.29 bits per heavy atom. The molecule has 0 aliphatic carbocycles. The van der Waals surface area contributed by atoms with Gasteiger partial charge in [-0.3, -0.25) is 9.89 Å². The van der Waals surface area contributed by atoms with Gasteiger partial charge in [-0.05, 0) is 33.5 Å². The second-order valence-corrected chi connectivity index (χ2v) is 7.93. The van der Waals surface area contributed by atoms with Crippen LogP contribution in [-0.2, 0) is 16.9 Å². The molecule has 0 spiro atoms. The van der Waals surface area contributed by atoms with Gasteiger partial charge in [-0.15, -0.1) is 0 Å². The molecule has 28 heavy (non-hydrogen) atoms. The van der Waals surface area contributed by atoms with Crippen molar-refractivity contribution in [3.63, 3.8) is 0 Å². The smallest absolute Gasteiger partial charge is 0.319 e. The minimum Gasteiger partial charge on any atom is -0.330 e. The molecule has 1 aromatic heterocycles. The van der Waals surface area contributed by atoms with Crippen LogP contribution >= 0.6 is 0 Å². The second-order valence-electron chi connectivity index (χ2n) is 7.93. The van der Waals surface area contributed by atoms with Crippen molar-refractivity contribution in [1.29, 1.82) is 0 Å². The van der Waals surface area contributed by atoms with E-state index in [1.165, 1.54) is 6.92 Å².